The fraction of sp³-hybridized carbons (Fsp3) is 0.118. The standard InChI is InChI=1S/C34H27N5/c1-3-27-17-14-24-15-18-29-30(20-28(4-2)36-33(29)32(24)35-27)23-10-12-25(13-11-23)34-37-31-19-16-26(21-39(31)38-34)22-8-6-5-7-9-22/h5-21H,3-4H2,1-2H3. The van der Waals surface area contributed by atoms with E-state index in [9.17, 15) is 0 Å². The average Bonchev–Trinajstić information content (AvgIpc) is 3.44. The molecular weight excluding hydrogens is 478 g/mol. The molecule has 0 aliphatic heterocycles. The molecule has 188 valence electrons. The van der Waals surface area contributed by atoms with E-state index in [1.807, 2.05) is 35.0 Å². The second kappa shape index (κ2) is 9.44. The summed E-state index contributed by atoms with van der Waals surface area (Å²) in [5, 5.41) is 7.03. The van der Waals surface area contributed by atoms with Gasteiger partial charge in [-0.1, -0.05) is 86.6 Å². The Hall–Kier alpha value is -4.90. The summed E-state index contributed by atoms with van der Waals surface area (Å²) in [6.45, 7) is 4.28. The molecule has 39 heavy (non-hydrogen) atoms. The molecule has 0 spiro atoms. The van der Waals surface area contributed by atoms with Gasteiger partial charge in [0.25, 0.3) is 0 Å². The summed E-state index contributed by atoms with van der Waals surface area (Å²) in [7, 11) is 0. The zero-order valence-corrected chi connectivity index (χ0v) is 22.0. The molecule has 0 fully saturated rings. The maximum absolute atomic E-state index is 5.02. The maximum Gasteiger partial charge on any atom is 0.182 e. The van der Waals surface area contributed by atoms with Crippen molar-refractivity contribution in [2.45, 2.75) is 26.7 Å². The highest BCUT2D eigenvalue weighted by atomic mass is 15.3. The third-order valence-corrected chi connectivity index (χ3v) is 7.37. The van der Waals surface area contributed by atoms with E-state index in [1.54, 1.807) is 0 Å². The number of rotatable bonds is 5. The summed E-state index contributed by atoms with van der Waals surface area (Å²) >= 11 is 0. The molecule has 0 saturated carbocycles. The number of aryl methyl sites for hydroxylation is 2. The Morgan fingerprint density at radius 3 is 2.10 bits per heavy atom. The number of nitrogens with zero attached hydrogens (tertiary/aromatic N) is 5. The second-order valence-electron chi connectivity index (χ2n) is 9.80. The Kier molecular flexibility index (Phi) is 5.63. The van der Waals surface area contributed by atoms with Crippen LogP contribution in [0.25, 0.3) is 61.1 Å². The van der Waals surface area contributed by atoms with Crippen molar-refractivity contribution < 1.29 is 0 Å². The van der Waals surface area contributed by atoms with Crippen molar-refractivity contribution in [3.05, 3.63) is 115 Å². The quantitative estimate of drug-likeness (QED) is 0.223. The van der Waals surface area contributed by atoms with Crippen LogP contribution in [0.15, 0.2) is 103 Å². The second-order valence-corrected chi connectivity index (χ2v) is 9.80. The first kappa shape index (κ1) is 23.2. The van der Waals surface area contributed by atoms with Gasteiger partial charge in [0.15, 0.2) is 11.5 Å². The largest absolute Gasteiger partial charge is 0.251 e. The Bertz CT molecular complexity index is 1970. The predicted octanol–water partition coefficient (Wildman–Crippen LogP) is 7.95. The maximum atomic E-state index is 5.02. The normalized spacial score (nSPS) is 11.5. The minimum atomic E-state index is 0.711. The van der Waals surface area contributed by atoms with Crippen LogP contribution >= 0.6 is 0 Å². The van der Waals surface area contributed by atoms with Gasteiger partial charge < -0.3 is 0 Å². The first-order chi connectivity index (χ1) is 19.2. The van der Waals surface area contributed by atoms with Gasteiger partial charge in [-0.3, -0.25) is 9.97 Å². The van der Waals surface area contributed by atoms with E-state index < -0.39 is 0 Å². The van der Waals surface area contributed by atoms with Gasteiger partial charge in [0.1, 0.15) is 0 Å². The average molecular weight is 506 g/mol. The Labute approximate surface area is 226 Å². The lowest BCUT2D eigenvalue weighted by molar-refractivity contribution is 0.967. The van der Waals surface area contributed by atoms with E-state index in [0.29, 0.717) is 5.82 Å². The van der Waals surface area contributed by atoms with Crippen LogP contribution in [-0.4, -0.2) is 24.6 Å². The van der Waals surface area contributed by atoms with Gasteiger partial charge in [-0.15, -0.1) is 5.10 Å². The van der Waals surface area contributed by atoms with Gasteiger partial charge in [0.05, 0.1) is 11.0 Å². The molecule has 7 rings (SSSR count). The zero-order valence-electron chi connectivity index (χ0n) is 22.0. The molecular formula is C34H27N5. The van der Waals surface area contributed by atoms with Crippen molar-refractivity contribution in [3.8, 4) is 33.6 Å². The smallest absolute Gasteiger partial charge is 0.182 e. The molecule has 7 aromatic rings. The van der Waals surface area contributed by atoms with Gasteiger partial charge in [-0.25, -0.2) is 9.50 Å². The third-order valence-electron chi connectivity index (χ3n) is 7.37. The van der Waals surface area contributed by atoms with Crippen LogP contribution in [0.4, 0.5) is 0 Å². The summed E-state index contributed by atoms with van der Waals surface area (Å²) in [6, 6.07) is 33.8. The number of fused-ring (bicyclic) bond motifs is 4. The third kappa shape index (κ3) is 4.12. The van der Waals surface area contributed by atoms with Crippen molar-refractivity contribution in [1.82, 2.24) is 24.6 Å². The molecule has 0 atom stereocenters. The molecule has 0 aliphatic carbocycles. The number of hydrogen-bond acceptors (Lipinski definition) is 4. The van der Waals surface area contributed by atoms with Crippen LogP contribution in [-0.2, 0) is 12.8 Å². The molecule has 0 unspecified atom stereocenters. The fourth-order valence-corrected chi connectivity index (χ4v) is 5.19. The highest BCUT2D eigenvalue weighted by Crippen LogP contribution is 2.33. The van der Waals surface area contributed by atoms with Crippen LogP contribution in [0.2, 0.25) is 0 Å². The van der Waals surface area contributed by atoms with Gasteiger partial charge in [-0.2, -0.15) is 0 Å². The summed E-state index contributed by atoms with van der Waals surface area (Å²) in [6.07, 6.45) is 3.80. The summed E-state index contributed by atoms with van der Waals surface area (Å²) in [5.41, 5.74) is 10.5. The molecule has 4 aromatic heterocycles. The van der Waals surface area contributed by atoms with Crippen molar-refractivity contribution in [2.75, 3.05) is 0 Å². The molecule has 0 aliphatic rings. The fourth-order valence-electron chi connectivity index (χ4n) is 5.19. The van der Waals surface area contributed by atoms with Crippen LogP contribution < -0.4 is 0 Å². The monoisotopic (exact) mass is 505 g/mol. The van der Waals surface area contributed by atoms with Crippen LogP contribution in [0.3, 0.4) is 0 Å². The van der Waals surface area contributed by atoms with E-state index in [0.717, 1.165) is 73.9 Å². The van der Waals surface area contributed by atoms with Gasteiger partial charge >= 0.3 is 0 Å². The lowest BCUT2D eigenvalue weighted by atomic mass is 9.97. The van der Waals surface area contributed by atoms with Gasteiger partial charge in [0.2, 0.25) is 0 Å². The van der Waals surface area contributed by atoms with Crippen molar-refractivity contribution in [1.29, 1.82) is 0 Å². The summed E-state index contributed by atoms with van der Waals surface area (Å²) < 4.78 is 1.86. The van der Waals surface area contributed by atoms with E-state index in [1.165, 1.54) is 5.56 Å². The molecule has 0 N–H and O–H groups in total. The SMILES string of the molecule is CCc1ccc2ccc3c(-c4ccc(-c5nc6ccc(-c7ccccc7)cn6n5)cc4)cc(CC)nc3c2n1. The number of aromatic nitrogens is 5. The van der Waals surface area contributed by atoms with E-state index in [4.69, 9.17) is 20.1 Å². The number of pyridine rings is 3. The minimum absolute atomic E-state index is 0.711. The topological polar surface area (TPSA) is 56.0 Å². The molecule has 5 heteroatoms. The highest BCUT2D eigenvalue weighted by Gasteiger charge is 2.13. The molecule has 0 bridgehead atoms. The molecule has 5 nitrogen and oxygen atoms in total. The van der Waals surface area contributed by atoms with E-state index >= 15 is 0 Å². The van der Waals surface area contributed by atoms with E-state index in [2.05, 4.69) is 86.6 Å². The van der Waals surface area contributed by atoms with Crippen LogP contribution in [0.5, 0.6) is 0 Å². The lowest BCUT2D eigenvalue weighted by Gasteiger charge is -2.12. The van der Waals surface area contributed by atoms with Gasteiger partial charge in [-0.05, 0) is 53.8 Å². The first-order valence-electron chi connectivity index (χ1n) is 13.4. The first-order valence-corrected chi connectivity index (χ1v) is 13.4. The summed E-state index contributed by atoms with van der Waals surface area (Å²) in [4.78, 5) is 14.7. The van der Waals surface area contributed by atoms with Crippen molar-refractivity contribution >= 4 is 27.5 Å². The Morgan fingerprint density at radius 1 is 0.590 bits per heavy atom. The minimum Gasteiger partial charge on any atom is -0.251 e. The Morgan fingerprint density at radius 2 is 1.31 bits per heavy atom. The Balaban J connectivity index is 1.29. The number of benzene rings is 3. The van der Waals surface area contributed by atoms with Crippen molar-refractivity contribution in [2.24, 2.45) is 0 Å². The molecule has 0 radical (unpaired) electrons. The zero-order chi connectivity index (χ0) is 26.3. The molecule has 0 saturated heterocycles. The van der Waals surface area contributed by atoms with Crippen molar-refractivity contribution in [3.63, 3.8) is 0 Å². The van der Waals surface area contributed by atoms with Crippen LogP contribution in [0.1, 0.15) is 25.2 Å². The van der Waals surface area contributed by atoms with Gasteiger partial charge in [0, 0.05) is 39.5 Å². The predicted molar refractivity (Wildman–Crippen MR) is 159 cm³/mol. The molecule has 4 heterocycles. The lowest BCUT2D eigenvalue weighted by Crippen LogP contribution is -1.95. The molecule has 0 amide bonds. The molecule has 3 aromatic carbocycles. The van der Waals surface area contributed by atoms with Crippen LogP contribution in [0, 0.1) is 0 Å². The van der Waals surface area contributed by atoms with E-state index in [-0.39, 0.29) is 0 Å². The highest BCUT2D eigenvalue weighted by molar-refractivity contribution is 6.08. The summed E-state index contributed by atoms with van der Waals surface area (Å²) in [5.74, 6) is 0.711. The number of hydrogen-bond donors (Lipinski definition) is 0.